The maximum atomic E-state index is 13.3. The lowest BCUT2D eigenvalue weighted by molar-refractivity contribution is 0.0101. The first-order valence-corrected chi connectivity index (χ1v) is 5.96. The van der Waals surface area contributed by atoms with Gasteiger partial charge in [0, 0.05) is 6.54 Å². The van der Waals surface area contributed by atoms with Crippen molar-refractivity contribution in [3.8, 4) is 5.75 Å². The smallest absolute Gasteiger partial charge is 0.190 e. The minimum absolute atomic E-state index is 0.179. The van der Waals surface area contributed by atoms with Gasteiger partial charge in [0.2, 0.25) is 0 Å². The minimum Gasteiger partial charge on any atom is -0.485 e. The quantitative estimate of drug-likeness (QED) is 0.737. The van der Waals surface area contributed by atoms with Gasteiger partial charge in [-0.05, 0) is 32.0 Å². The summed E-state index contributed by atoms with van der Waals surface area (Å²) < 4.78 is 31.6. The van der Waals surface area contributed by atoms with E-state index in [1.54, 1.807) is 6.92 Å². The summed E-state index contributed by atoms with van der Waals surface area (Å²) in [6.07, 6.45) is 0.943. The zero-order chi connectivity index (χ0) is 13.6. The van der Waals surface area contributed by atoms with Gasteiger partial charge in [0.15, 0.2) is 17.4 Å². The molecule has 102 valence electrons. The van der Waals surface area contributed by atoms with Crippen molar-refractivity contribution in [2.45, 2.75) is 25.9 Å². The van der Waals surface area contributed by atoms with E-state index in [1.165, 1.54) is 6.07 Å². The Kier molecular flexibility index (Phi) is 5.50. The summed E-state index contributed by atoms with van der Waals surface area (Å²) in [7, 11) is 0. The summed E-state index contributed by atoms with van der Waals surface area (Å²) in [5.41, 5.74) is -1.18. The molecule has 2 N–H and O–H groups in total. The van der Waals surface area contributed by atoms with Crippen LogP contribution in [0.4, 0.5) is 8.78 Å². The molecule has 1 atom stereocenters. The summed E-state index contributed by atoms with van der Waals surface area (Å²) in [5.74, 6) is -1.99. The van der Waals surface area contributed by atoms with Crippen LogP contribution in [0.25, 0.3) is 0 Å². The Morgan fingerprint density at radius 3 is 2.50 bits per heavy atom. The number of rotatable bonds is 7. The van der Waals surface area contributed by atoms with E-state index in [0.29, 0.717) is 6.54 Å². The average molecular weight is 259 g/mol. The maximum Gasteiger partial charge on any atom is 0.190 e. The van der Waals surface area contributed by atoms with Crippen LogP contribution in [-0.2, 0) is 0 Å². The molecule has 0 saturated carbocycles. The predicted octanol–water partition coefficient (Wildman–Crippen LogP) is 2.09. The lowest BCUT2D eigenvalue weighted by atomic mass is 10.1. The van der Waals surface area contributed by atoms with Crippen molar-refractivity contribution in [3.63, 3.8) is 0 Å². The first-order chi connectivity index (χ1) is 8.46. The van der Waals surface area contributed by atoms with E-state index in [2.05, 4.69) is 5.32 Å². The number of benzene rings is 1. The lowest BCUT2D eigenvalue weighted by Crippen LogP contribution is -2.43. The second kappa shape index (κ2) is 6.66. The fourth-order valence-electron chi connectivity index (χ4n) is 1.43. The Morgan fingerprint density at radius 2 is 1.94 bits per heavy atom. The summed E-state index contributed by atoms with van der Waals surface area (Å²) in [6.45, 7) is 4.45. The van der Waals surface area contributed by atoms with Gasteiger partial charge in [-0.15, -0.1) is 0 Å². The maximum absolute atomic E-state index is 13.3. The van der Waals surface area contributed by atoms with Crippen molar-refractivity contribution in [1.82, 2.24) is 5.32 Å². The molecule has 1 aromatic carbocycles. The highest BCUT2D eigenvalue weighted by molar-refractivity contribution is 5.26. The van der Waals surface area contributed by atoms with Crippen molar-refractivity contribution < 1.29 is 18.6 Å². The molecule has 5 heteroatoms. The molecular weight excluding hydrogens is 240 g/mol. The van der Waals surface area contributed by atoms with Crippen LogP contribution in [0, 0.1) is 11.6 Å². The fourth-order valence-corrected chi connectivity index (χ4v) is 1.43. The summed E-state index contributed by atoms with van der Waals surface area (Å²) >= 11 is 0. The van der Waals surface area contributed by atoms with Crippen molar-refractivity contribution >= 4 is 0 Å². The third-order valence-corrected chi connectivity index (χ3v) is 2.38. The van der Waals surface area contributed by atoms with Crippen LogP contribution in [-0.4, -0.2) is 30.4 Å². The highest BCUT2D eigenvalue weighted by Gasteiger charge is 2.22. The molecule has 3 nitrogen and oxygen atoms in total. The van der Waals surface area contributed by atoms with Gasteiger partial charge >= 0.3 is 0 Å². The van der Waals surface area contributed by atoms with E-state index in [0.717, 1.165) is 25.1 Å². The molecule has 0 radical (unpaired) electrons. The first-order valence-electron chi connectivity index (χ1n) is 5.96. The van der Waals surface area contributed by atoms with Gasteiger partial charge in [0.25, 0.3) is 0 Å². The van der Waals surface area contributed by atoms with E-state index in [4.69, 9.17) is 4.74 Å². The third-order valence-electron chi connectivity index (χ3n) is 2.38. The molecule has 0 aliphatic heterocycles. The van der Waals surface area contributed by atoms with Gasteiger partial charge in [-0.1, -0.05) is 13.0 Å². The van der Waals surface area contributed by atoms with Gasteiger partial charge in [0.1, 0.15) is 12.2 Å². The van der Waals surface area contributed by atoms with E-state index in [9.17, 15) is 13.9 Å². The van der Waals surface area contributed by atoms with Crippen LogP contribution in [0.1, 0.15) is 20.3 Å². The molecule has 1 rings (SSSR count). The molecule has 0 fully saturated rings. The molecule has 0 bridgehead atoms. The second-order valence-electron chi connectivity index (χ2n) is 4.51. The third kappa shape index (κ3) is 4.58. The molecule has 0 saturated heterocycles. The van der Waals surface area contributed by atoms with Gasteiger partial charge in [-0.2, -0.15) is 0 Å². The molecule has 0 spiro atoms. The van der Waals surface area contributed by atoms with Crippen LogP contribution in [0.3, 0.4) is 0 Å². The number of halogens is 2. The van der Waals surface area contributed by atoms with E-state index < -0.39 is 23.0 Å². The van der Waals surface area contributed by atoms with E-state index in [1.807, 2.05) is 6.92 Å². The molecule has 0 aliphatic rings. The van der Waals surface area contributed by atoms with Gasteiger partial charge in [-0.25, -0.2) is 8.78 Å². The first kappa shape index (κ1) is 14.9. The van der Waals surface area contributed by atoms with Gasteiger partial charge in [0.05, 0.1) is 0 Å². The van der Waals surface area contributed by atoms with Gasteiger partial charge < -0.3 is 15.2 Å². The van der Waals surface area contributed by atoms with Crippen molar-refractivity contribution in [3.05, 3.63) is 29.8 Å². The number of hydrogen-bond donors (Lipinski definition) is 2. The predicted molar refractivity (Wildman–Crippen MR) is 65.6 cm³/mol. The van der Waals surface area contributed by atoms with Crippen molar-refractivity contribution in [2.24, 2.45) is 0 Å². The summed E-state index contributed by atoms with van der Waals surface area (Å²) in [6, 6.07) is 3.49. The number of aliphatic hydroxyl groups is 1. The monoisotopic (exact) mass is 259 g/mol. The SMILES string of the molecule is CCCNCC(C)(O)COc1c(F)cccc1F. The number of ether oxygens (including phenoxy) is 1. The molecule has 0 aliphatic carbocycles. The summed E-state index contributed by atoms with van der Waals surface area (Å²) in [4.78, 5) is 0. The fraction of sp³-hybridized carbons (Fsp3) is 0.538. The minimum atomic E-state index is -1.18. The molecule has 1 aromatic rings. The normalized spacial score (nSPS) is 14.3. The molecule has 0 heterocycles. The number of nitrogens with one attached hydrogen (secondary N) is 1. The Labute approximate surface area is 106 Å². The lowest BCUT2D eigenvalue weighted by Gasteiger charge is -2.24. The Morgan fingerprint density at radius 1 is 1.33 bits per heavy atom. The van der Waals surface area contributed by atoms with Crippen molar-refractivity contribution in [1.29, 1.82) is 0 Å². The van der Waals surface area contributed by atoms with Crippen molar-refractivity contribution in [2.75, 3.05) is 19.7 Å². The Bertz CT molecular complexity index is 363. The van der Waals surface area contributed by atoms with Crippen LogP contribution < -0.4 is 10.1 Å². The Hall–Kier alpha value is -1.20. The topological polar surface area (TPSA) is 41.5 Å². The average Bonchev–Trinajstić information content (AvgIpc) is 2.28. The molecule has 18 heavy (non-hydrogen) atoms. The van der Waals surface area contributed by atoms with Crippen LogP contribution in [0.2, 0.25) is 0 Å². The molecule has 0 aromatic heterocycles. The summed E-state index contributed by atoms with van der Waals surface area (Å²) in [5, 5.41) is 13.0. The Balaban J connectivity index is 2.53. The molecular formula is C13H19F2NO2. The van der Waals surface area contributed by atoms with E-state index in [-0.39, 0.29) is 6.61 Å². The largest absolute Gasteiger partial charge is 0.485 e. The van der Waals surface area contributed by atoms with Gasteiger partial charge in [-0.3, -0.25) is 0 Å². The number of para-hydroxylation sites is 1. The van der Waals surface area contributed by atoms with E-state index >= 15 is 0 Å². The zero-order valence-electron chi connectivity index (χ0n) is 10.7. The van der Waals surface area contributed by atoms with Crippen LogP contribution in [0.5, 0.6) is 5.75 Å². The standard InChI is InChI=1S/C13H19F2NO2/c1-3-7-16-8-13(2,17)9-18-12-10(14)5-4-6-11(12)15/h4-6,16-17H,3,7-9H2,1-2H3. The molecule has 0 amide bonds. The van der Waals surface area contributed by atoms with Crippen LogP contribution >= 0.6 is 0 Å². The molecule has 1 unspecified atom stereocenters. The number of hydrogen-bond acceptors (Lipinski definition) is 3. The highest BCUT2D eigenvalue weighted by atomic mass is 19.1. The zero-order valence-corrected chi connectivity index (χ0v) is 10.7. The van der Waals surface area contributed by atoms with Crippen LogP contribution in [0.15, 0.2) is 18.2 Å². The highest BCUT2D eigenvalue weighted by Crippen LogP contribution is 2.21. The second-order valence-corrected chi connectivity index (χ2v) is 4.51.